The van der Waals surface area contributed by atoms with Crippen LogP contribution in [0.25, 0.3) is 0 Å². The summed E-state index contributed by atoms with van der Waals surface area (Å²) in [5, 5.41) is 9.77. The van der Waals surface area contributed by atoms with Gasteiger partial charge in [0.25, 0.3) is 0 Å². The van der Waals surface area contributed by atoms with Crippen molar-refractivity contribution in [2.75, 3.05) is 13.1 Å². The molecule has 2 heterocycles. The van der Waals surface area contributed by atoms with Crippen molar-refractivity contribution in [2.24, 2.45) is 11.3 Å². The van der Waals surface area contributed by atoms with Crippen LogP contribution in [0.3, 0.4) is 0 Å². The summed E-state index contributed by atoms with van der Waals surface area (Å²) in [4.78, 5) is 18.6. The van der Waals surface area contributed by atoms with Crippen LogP contribution >= 0.6 is 0 Å². The molecule has 0 spiro atoms. The molecule has 1 aliphatic heterocycles. The minimum absolute atomic E-state index is 0.281. The smallest absolute Gasteiger partial charge is 0.310 e. The zero-order chi connectivity index (χ0) is 15.7. The van der Waals surface area contributed by atoms with Gasteiger partial charge in [-0.2, -0.15) is 0 Å². The normalized spacial score (nSPS) is 26.5. The van der Waals surface area contributed by atoms with Crippen LogP contribution in [-0.2, 0) is 11.3 Å². The standard InChI is InChI=1S/C17H26N2O3/c1-12(2)15-18-14(10-22-15)9-19-7-3-6-17(11-19,16(20)21)8-13-4-5-13/h10,12-13H,3-9,11H2,1-2H3,(H,20,21). The number of aliphatic carboxylic acids is 1. The van der Waals surface area contributed by atoms with E-state index in [-0.39, 0.29) is 5.92 Å². The van der Waals surface area contributed by atoms with Crippen molar-refractivity contribution < 1.29 is 14.3 Å². The van der Waals surface area contributed by atoms with Gasteiger partial charge in [0.2, 0.25) is 0 Å². The summed E-state index contributed by atoms with van der Waals surface area (Å²) in [6.45, 7) is 6.39. The van der Waals surface area contributed by atoms with Crippen molar-refractivity contribution in [3.05, 3.63) is 17.8 Å². The van der Waals surface area contributed by atoms with Gasteiger partial charge in [-0.3, -0.25) is 9.69 Å². The molecule has 2 aliphatic rings. The van der Waals surface area contributed by atoms with Crippen molar-refractivity contribution in [3.63, 3.8) is 0 Å². The van der Waals surface area contributed by atoms with E-state index in [9.17, 15) is 9.90 Å². The molecular formula is C17H26N2O3. The second-order valence-electron chi connectivity index (χ2n) is 7.38. The lowest BCUT2D eigenvalue weighted by Gasteiger charge is -2.39. The Kier molecular flexibility index (Phi) is 4.26. The van der Waals surface area contributed by atoms with Crippen LogP contribution < -0.4 is 0 Å². The molecule has 3 rings (SSSR count). The van der Waals surface area contributed by atoms with Crippen LogP contribution in [0, 0.1) is 11.3 Å². The van der Waals surface area contributed by atoms with E-state index in [0.717, 1.165) is 37.4 Å². The van der Waals surface area contributed by atoms with Crippen LogP contribution in [0.5, 0.6) is 0 Å². The Morgan fingerprint density at radius 1 is 1.55 bits per heavy atom. The molecule has 22 heavy (non-hydrogen) atoms. The highest BCUT2D eigenvalue weighted by molar-refractivity contribution is 5.75. The lowest BCUT2D eigenvalue weighted by molar-refractivity contribution is -0.153. The Labute approximate surface area is 131 Å². The molecule has 1 aliphatic carbocycles. The molecule has 1 atom stereocenters. The maximum absolute atomic E-state index is 11.9. The minimum atomic E-state index is -0.618. The number of carboxylic acid groups (broad SMARTS) is 1. The van der Waals surface area contributed by atoms with E-state index < -0.39 is 11.4 Å². The molecule has 1 aromatic heterocycles. The third kappa shape index (κ3) is 3.35. The summed E-state index contributed by atoms with van der Waals surface area (Å²) in [5.41, 5.74) is 0.362. The number of piperidine rings is 1. The zero-order valence-electron chi connectivity index (χ0n) is 13.5. The van der Waals surface area contributed by atoms with Gasteiger partial charge in [0.05, 0.1) is 11.1 Å². The molecule has 1 saturated carbocycles. The lowest BCUT2D eigenvalue weighted by Crippen LogP contribution is -2.47. The average Bonchev–Trinajstić information content (AvgIpc) is 3.14. The maximum Gasteiger partial charge on any atom is 0.310 e. The fourth-order valence-electron chi connectivity index (χ4n) is 3.55. The number of nitrogens with zero attached hydrogens (tertiary/aromatic N) is 2. The van der Waals surface area contributed by atoms with Gasteiger partial charge in [0, 0.05) is 19.0 Å². The Balaban J connectivity index is 1.67. The second-order valence-corrected chi connectivity index (χ2v) is 7.38. The van der Waals surface area contributed by atoms with Gasteiger partial charge in [-0.15, -0.1) is 0 Å². The maximum atomic E-state index is 11.9. The number of aromatic nitrogens is 1. The van der Waals surface area contributed by atoms with E-state index >= 15 is 0 Å². The fourth-order valence-corrected chi connectivity index (χ4v) is 3.55. The number of likely N-dealkylation sites (tertiary alicyclic amines) is 1. The van der Waals surface area contributed by atoms with Crippen molar-refractivity contribution in [1.29, 1.82) is 0 Å². The second kappa shape index (κ2) is 6.03. The highest BCUT2D eigenvalue weighted by Gasteiger charge is 2.45. The zero-order valence-corrected chi connectivity index (χ0v) is 13.5. The molecule has 2 fully saturated rings. The molecule has 5 heteroatoms. The van der Waals surface area contributed by atoms with Gasteiger partial charge in [-0.05, 0) is 31.7 Å². The Bertz CT molecular complexity index is 536. The van der Waals surface area contributed by atoms with Crippen LogP contribution in [0.1, 0.15) is 63.5 Å². The lowest BCUT2D eigenvalue weighted by atomic mass is 9.75. The fraction of sp³-hybridized carbons (Fsp3) is 0.765. The Hall–Kier alpha value is -1.36. The minimum Gasteiger partial charge on any atom is -0.481 e. The first-order valence-corrected chi connectivity index (χ1v) is 8.38. The van der Waals surface area contributed by atoms with Gasteiger partial charge in [0.15, 0.2) is 5.89 Å². The van der Waals surface area contributed by atoms with E-state index in [2.05, 4.69) is 23.7 Å². The topological polar surface area (TPSA) is 66.6 Å². The SMILES string of the molecule is CC(C)c1nc(CN2CCCC(CC3CC3)(C(=O)O)C2)co1. The number of carbonyl (C=O) groups is 1. The number of hydrogen-bond donors (Lipinski definition) is 1. The summed E-state index contributed by atoms with van der Waals surface area (Å²) in [7, 11) is 0. The molecular weight excluding hydrogens is 280 g/mol. The van der Waals surface area contributed by atoms with Crippen LogP contribution in [-0.4, -0.2) is 34.0 Å². The average molecular weight is 306 g/mol. The van der Waals surface area contributed by atoms with Crippen molar-refractivity contribution in [3.8, 4) is 0 Å². The quantitative estimate of drug-likeness (QED) is 0.873. The summed E-state index contributed by atoms with van der Waals surface area (Å²) < 4.78 is 5.49. The highest BCUT2D eigenvalue weighted by atomic mass is 16.4. The van der Waals surface area contributed by atoms with Gasteiger partial charge < -0.3 is 9.52 Å². The largest absolute Gasteiger partial charge is 0.481 e. The van der Waals surface area contributed by atoms with Crippen molar-refractivity contribution >= 4 is 5.97 Å². The Morgan fingerprint density at radius 3 is 2.91 bits per heavy atom. The summed E-state index contributed by atoms with van der Waals surface area (Å²) in [6, 6.07) is 0. The molecule has 1 N–H and O–H groups in total. The van der Waals surface area contributed by atoms with Crippen LogP contribution in [0.4, 0.5) is 0 Å². The molecule has 5 nitrogen and oxygen atoms in total. The molecule has 1 saturated heterocycles. The number of oxazole rings is 1. The van der Waals surface area contributed by atoms with E-state index in [4.69, 9.17) is 4.42 Å². The molecule has 0 amide bonds. The third-order valence-corrected chi connectivity index (χ3v) is 4.93. The first-order valence-electron chi connectivity index (χ1n) is 8.38. The monoisotopic (exact) mass is 306 g/mol. The predicted molar refractivity (Wildman–Crippen MR) is 82.5 cm³/mol. The third-order valence-electron chi connectivity index (χ3n) is 4.93. The molecule has 0 radical (unpaired) electrons. The predicted octanol–water partition coefficient (Wildman–Crippen LogP) is 3.26. The first kappa shape index (κ1) is 15.5. The van der Waals surface area contributed by atoms with Crippen molar-refractivity contribution in [2.45, 2.75) is 58.4 Å². The molecule has 0 aromatic carbocycles. The number of rotatable bonds is 6. The van der Waals surface area contributed by atoms with Crippen LogP contribution in [0.2, 0.25) is 0 Å². The van der Waals surface area contributed by atoms with Gasteiger partial charge >= 0.3 is 5.97 Å². The molecule has 1 aromatic rings. The van der Waals surface area contributed by atoms with Crippen LogP contribution in [0.15, 0.2) is 10.7 Å². The van der Waals surface area contributed by atoms with E-state index in [1.165, 1.54) is 12.8 Å². The van der Waals surface area contributed by atoms with Gasteiger partial charge in [0.1, 0.15) is 6.26 Å². The number of carboxylic acids is 1. The summed E-state index contributed by atoms with van der Waals surface area (Å²) in [6.07, 6.45) is 6.73. The summed E-state index contributed by atoms with van der Waals surface area (Å²) in [5.74, 6) is 1.06. The van der Waals surface area contributed by atoms with Gasteiger partial charge in [-0.25, -0.2) is 4.98 Å². The highest BCUT2D eigenvalue weighted by Crippen LogP contribution is 2.45. The van der Waals surface area contributed by atoms with E-state index in [1.807, 2.05) is 0 Å². The van der Waals surface area contributed by atoms with E-state index in [1.54, 1.807) is 6.26 Å². The van der Waals surface area contributed by atoms with E-state index in [0.29, 0.717) is 19.0 Å². The summed E-state index contributed by atoms with van der Waals surface area (Å²) >= 11 is 0. The molecule has 1 unspecified atom stereocenters. The van der Waals surface area contributed by atoms with Gasteiger partial charge in [-0.1, -0.05) is 26.7 Å². The molecule has 0 bridgehead atoms. The Morgan fingerprint density at radius 2 is 2.32 bits per heavy atom. The number of hydrogen-bond acceptors (Lipinski definition) is 4. The first-order chi connectivity index (χ1) is 10.5. The molecule has 122 valence electrons. The van der Waals surface area contributed by atoms with Crippen molar-refractivity contribution in [1.82, 2.24) is 9.88 Å².